The van der Waals surface area contributed by atoms with Crippen LogP contribution in [0.4, 0.5) is 19.0 Å². The fourth-order valence-corrected chi connectivity index (χ4v) is 3.05. The zero-order valence-corrected chi connectivity index (χ0v) is 15.9. The van der Waals surface area contributed by atoms with Crippen LogP contribution in [0.15, 0.2) is 67.0 Å². The summed E-state index contributed by atoms with van der Waals surface area (Å²) in [6.45, 7) is 1.82. The molecule has 0 bridgehead atoms. The normalized spacial score (nSPS) is 11.5. The molecule has 0 aliphatic carbocycles. The number of hydrogen-bond acceptors (Lipinski definition) is 5. The van der Waals surface area contributed by atoms with Gasteiger partial charge in [0.2, 0.25) is 0 Å². The monoisotopic (exact) mass is 407 g/mol. The number of nitrogens with two attached hydrogens (primary N) is 1. The van der Waals surface area contributed by atoms with Crippen LogP contribution < -0.4 is 5.73 Å². The molecule has 2 N–H and O–H groups in total. The Hall–Kier alpha value is -3.81. The first-order chi connectivity index (χ1) is 14.3. The molecule has 0 spiro atoms. The molecule has 150 valence electrons. The number of halogens is 3. The molecule has 0 radical (unpaired) electrons. The van der Waals surface area contributed by atoms with Gasteiger partial charge in [0, 0.05) is 23.7 Å². The predicted molar refractivity (Wildman–Crippen MR) is 108 cm³/mol. The Kier molecular flexibility index (Phi) is 4.91. The van der Waals surface area contributed by atoms with Crippen LogP contribution in [0.3, 0.4) is 0 Å². The third-order valence-electron chi connectivity index (χ3n) is 4.46. The number of anilines is 1. The molecule has 0 saturated carbocycles. The lowest BCUT2D eigenvalue weighted by molar-refractivity contribution is -0.137. The van der Waals surface area contributed by atoms with E-state index in [1.54, 1.807) is 36.7 Å². The maximum absolute atomic E-state index is 12.8. The van der Waals surface area contributed by atoms with Crippen LogP contribution in [0.2, 0.25) is 0 Å². The summed E-state index contributed by atoms with van der Waals surface area (Å²) in [4.78, 5) is 17.3. The van der Waals surface area contributed by atoms with Gasteiger partial charge in [-0.15, -0.1) is 0 Å². The molecule has 0 aliphatic heterocycles. The van der Waals surface area contributed by atoms with Crippen LogP contribution in [0, 0.1) is 6.92 Å². The highest BCUT2D eigenvalue weighted by Gasteiger charge is 2.30. The second kappa shape index (κ2) is 7.55. The SMILES string of the molecule is Cc1cc(-c2ccc(C(F)(F)F)cc2)cc(-c2ccnc(-c3ccnc(N)c3)n2)n1. The number of nitrogens with zero attached hydrogens (tertiary/aromatic N) is 4. The number of rotatable bonds is 3. The molecular weight excluding hydrogens is 391 g/mol. The van der Waals surface area contributed by atoms with Crippen LogP contribution in [0.25, 0.3) is 33.9 Å². The molecule has 8 heteroatoms. The van der Waals surface area contributed by atoms with Gasteiger partial charge in [-0.2, -0.15) is 13.2 Å². The molecule has 3 heterocycles. The summed E-state index contributed by atoms with van der Waals surface area (Å²) in [5, 5.41) is 0. The largest absolute Gasteiger partial charge is 0.416 e. The number of aryl methyl sites for hydroxylation is 1. The highest BCUT2D eigenvalue weighted by Crippen LogP contribution is 2.32. The van der Waals surface area contributed by atoms with E-state index in [0.29, 0.717) is 28.6 Å². The quantitative estimate of drug-likeness (QED) is 0.507. The minimum atomic E-state index is -4.37. The summed E-state index contributed by atoms with van der Waals surface area (Å²) in [5.41, 5.74) is 9.08. The zero-order valence-electron chi connectivity index (χ0n) is 15.9. The molecule has 0 atom stereocenters. The molecule has 4 aromatic rings. The summed E-state index contributed by atoms with van der Waals surface area (Å²) in [6, 6.07) is 13.8. The van der Waals surface area contributed by atoms with Crippen LogP contribution in [-0.2, 0) is 6.18 Å². The first kappa shape index (κ1) is 19.5. The lowest BCUT2D eigenvalue weighted by atomic mass is 10.0. The Morgan fingerprint density at radius 2 is 1.47 bits per heavy atom. The van der Waals surface area contributed by atoms with Gasteiger partial charge in [0.25, 0.3) is 0 Å². The molecule has 0 saturated heterocycles. The van der Waals surface area contributed by atoms with E-state index in [9.17, 15) is 13.2 Å². The Morgan fingerprint density at radius 1 is 0.733 bits per heavy atom. The van der Waals surface area contributed by atoms with Gasteiger partial charge in [-0.1, -0.05) is 12.1 Å². The molecule has 3 aromatic heterocycles. The topological polar surface area (TPSA) is 77.6 Å². The van der Waals surface area contributed by atoms with Crippen molar-refractivity contribution in [2.75, 3.05) is 5.73 Å². The van der Waals surface area contributed by atoms with Crippen LogP contribution in [-0.4, -0.2) is 19.9 Å². The summed E-state index contributed by atoms with van der Waals surface area (Å²) in [7, 11) is 0. The summed E-state index contributed by atoms with van der Waals surface area (Å²) >= 11 is 0. The van der Waals surface area contributed by atoms with Crippen molar-refractivity contribution < 1.29 is 13.2 Å². The Morgan fingerprint density at radius 3 is 2.17 bits per heavy atom. The lowest BCUT2D eigenvalue weighted by Gasteiger charge is -2.10. The number of aromatic nitrogens is 4. The van der Waals surface area contributed by atoms with Crippen molar-refractivity contribution in [1.82, 2.24) is 19.9 Å². The van der Waals surface area contributed by atoms with Crippen LogP contribution in [0.1, 0.15) is 11.3 Å². The molecule has 1 aromatic carbocycles. The van der Waals surface area contributed by atoms with E-state index in [1.165, 1.54) is 12.1 Å². The average molecular weight is 407 g/mol. The fraction of sp³-hybridized carbons (Fsp3) is 0.0909. The van der Waals surface area contributed by atoms with E-state index in [1.807, 2.05) is 13.0 Å². The maximum atomic E-state index is 12.8. The number of benzene rings is 1. The highest BCUT2D eigenvalue weighted by molar-refractivity contribution is 5.71. The van der Waals surface area contributed by atoms with Crippen molar-refractivity contribution in [3.63, 3.8) is 0 Å². The summed E-state index contributed by atoms with van der Waals surface area (Å²) in [6.07, 6.45) is -1.17. The van der Waals surface area contributed by atoms with Gasteiger partial charge in [0.05, 0.1) is 17.0 Å². The molecule has 4 rings (SSSR count). The second-order valence-corrected chi connectivity index (χ2v) is 6.69. The first-order valence-corrected chi connectivity index (χ1v) is 9.01. The van der Waals surface area contributed by atoms with E-state index in [-0.39, 0.29) is 0 Å². The van der Waals surface area contributed by atoms with Gasteiger partial charge in [0.1, 0.15) is 5.82 Å². The van der Waals surface area contributed by atoms with Crippen molar-refractivity contribution >= 4 is 5.82 Å². The van der Waals surface area contributed by atoms with Crippen molar-refractivity contribution in [1.29, 1.82) is 0 Å². The van der Waals surface area contributed by atoms with E-state index in [2.05, 4.69) is 19.9 Å². The van der Waals surface area contributed by atoms with Crippen LogP contribution >= 0.6 is 0 Å². The minimum absolute atomic E-state index is 0.361. The second-order valence-electron chi connectivity index (χ2n) is 6.69. The average Bonchev–Trinajstić information content (AvgIpc) is 2.73. The fourth-order valence-electron chi connectivity index (χ4n) is 3.05. The summed E-state index contributed by atoms with van der Waals surface area (Å²) in [5.74, 6) is 0.834. The van der Waals surface area contributed by atoms with E-state index < -0.39 is 11.7 Å². The lowest BCUT2D eigenvalue weighted by Crippen LogP contribution is -2.04. The molecule has 30 heavy (non-hydrogen) atoms. The molecule has 0 aliphatic rings. The Labute approximate surface area is 170 Å². The van der Waals surface area contributed by atoms with Gasteiger partial charge in [-0.3, -0.25) is 4.98 Å². The van der Waals surface area contributed by atoms with E-state index >= 15 is 0 Å². The van der Waals surface area contributed by atoms with Crippen molar-refractivity contribution in [3.8, 4) is 33.9 Å². The van der Waals surface area contributed by atoms with E-state index in [4.69, 9.17) is 5.73 Å². The predicted octanol–water partition coefficient (Wildman–Crippen LogP) is 5.18. The van der Waals surface area contributed by atoms with Gasteiger partial charge in [-0.25, -0.2) is 15.0 Å². The zero-order chi connectivity index (χ0) is 21.3. The standard InChI is InChI=1S/C22H16F3N5/c1-13-10-16(14-2-4-17(5-3-14)22(23,24)25)11-19(29-13)18-7-9-28-21(30-18)15-6-8-27-20(26)12-15/h2-12H,1H3,(H2,26,27). The smallest absolute Gasteiger partial charge is 0.384 e. The molecule has 0 unspecified atom stereocenters. The summed E-state index contributed by atoms with van der Waals surface area (Å²) < 4.78 is 38.5. The molecular formula is C22H16F3N5. The molecule has 0 fully saturated rings. The molecule has 5 nitrogen and oxygen atoms in total. The van der Waals surface area contributed by atoms with Gasteiger partial charge >= 0.3 is 6.18 Å². The number of alkyl halides is 3. The Balaban J connectivity index is 1.73. The number of pyridine rings is 2. The first-order valence-electron chi connectivity index (χ1n) is 9.01. The number of hydrogen-bond donors (Lipinski definition) is 1. The molecule has 0 amide bonds. The maximum Gasteiger partial charge on any atom is 0.416 e. The minimum Gasteiger partial charge on any atom is -0.384 e. The van der Waals surface area contributed by atoms with Gasteiger partial charge in [-0.05, 0) is 60.5 Å². The van der Waals surface area contributed by atoms with Crippen molar-refractivity contribution in [3.05, 3.63) is 78.2 Å². The highest BCUT2D eigenvalue weighted by atomic mass is 19.4. The van der Waals surface area contributed by atoms with E-state index in [0.717, 1.165) is 29.0 Å². The Bertz CT molecular complexity index is 1200. The number of nitrogen functional groups attached to an aromatic ring is 1. The third-order valence-corrected chi connectivity index (χ3v) is 4.46. The van der Waals surface area contributed by atoms with Gasteiger partial charge < -0.3 is 5.73 Å². The third kappa shape index (κ3) is 4.12. The van der Waals surface area contributed by atoms with Crippen LogP contribution in [0.5, 0.6) is 0 Å². The van der Waals surface area contributed by atoms with Crippen molar-refractivity contribution in [2.24, 2.45) is 0 Å². The van der Waals surface area contributed by atoms with Gasteiger partial charge in [0.15, 0.2) is 5.82 Å². The van der Waals surface area contributed by atoms with Crippen molar-refractivity contribution in [2.45, 2.75) is 13.1 Å².